The number of sulfonamides is 1. The van der Waals surface area contributed by atoms with E-state index < -0.39 is 16.1 Å². The van der Waals surface area contributed by atoms with Crippen LogP contribution in [0.2, 0.25) is 0 Å². The summed E-state index contributed by atoms with van der Waals surface area (Å²) >= 11 is 0. The van der Waals surface area contributed by atoms with Crippen LogP contribution in [0.1, 0.15) is 25.2 Å². The second kappa shape index (κ2) is 8.14. The van der Waals surface area contributed by atoms with E-state index in [4.69, 9.17) is 13.9 Å². The van der Waals surface area contributed by atoms with Crippen LogP contribution in [-0.2, 0) is 14.8 Å². The molecule has 1 N–H and O–H groups in total. The van der Waals surface area contributed by atoms with Crippen LogP contribution >= 0.6 is 0 Å². The number of methoxy groups -OCH3 is 1. The largest absolute Gasteiger partial charge is 0.494 e. The molecule has 1 heterocycles. The van der Waals surface area contributed by atoms with Gasteiger partial charge >= 0.3 is 0 Å². The third-order valence-corrected chi connectivity index (χ3v) is 4.65. The number of nitrogens with one attached hydrogen (secondary N) is 1. The molecule has 0 aliphatic rings. The van der Waals surface area contributed by atoms with Gasteiger partial charge in [0.15, 0.2) is 0 Å². The van der Waals surface area contributed by atoms with Gasteiger partial charge in [0.05, 0.1) is 17.8 Å². The minimum Gasteiger partial charge on any atom is -0.494 e. The maximum atomic E-state index is 12.3. The predicted molar refractivity (Wildman–Crippen MR) is 85.9 cm³/mol. The zero-order valence-corrected chi connectivity index (χ0v) is 14.0. The first kappa shape index (κ1) is 17.5. The molecular formula is C16H21NO5S. The van der Waals surface area contributed by atoms with Gasteiger partial charge in [0.25, 0.3) is 0 Å². The molecule has 2 rings (SSSR count). The fraction of sp³-hybridized carbons (Fsp3) is 0.375. The van der Waals surface area contributed by atoms with E-state index in [9.17, 15) is 8.42 Å². The summed E-state index contributed by atoms with van der Waals surface area (Å²) in [7, 11) is -2.12. The molecule has 6 nitrogen and oxygen atoms in total. The van der Waals surface area contributed by atoms with Crippen LogP contribution in [0.3, 0.4) is 0 Å². The van der Waals surface area contributed by atoms with Crippen molar-refractivity contribution in [2.24, 2.45) is 0 Å². The molecule has 126 valence electrons. The van der Waals surface area contributed by atoms with Crippen molar-refractivity contribution in [3.63, 3.8) is 0 Å². The van der Waals surface area contributed by atoms with Crippen LogP contribution in [0.5, 0.6) is 5.75 Å². The van der Waals surface area contributed by atoms with E-state index in [-0.39, 0.29) is 11.4 Å². The third-order valence-electron chi connectivity index (χ3n) is 3.21. The quantitative estimate of drug-likeness (QED) is 0.760. The molecular weight excluding hydrogens is 318 g/mol. The lowest BCUT2D eigenvalue weighted by Crippen LogP contribution is -2.29. The zero-order chi connectivity index (χ0) is 16.7. The molecule has 7 heteroatoms. The Morgan fingerprint density at radius 1 is 1.22 bits per heavy atom. The molecule has 0 unspecified atom stereocenters. The molecule has 0 amide bonds. The molecule has 0 bridgehead atoms. The topological polar surface area (TPSA) is 77.8 Å². The second-order valence-corrected chi connectivity index (χ2v) is 6.68. The van der Waals surface area contributed by atoms with Gasteiger partial charge in [-0.2, -0.15) is 0 Å². The Kier molecular flexibility index (Phi) is 6.20. The second-order valence-electron chi connectivity index (χ2n) is 4.91. The summed E-state index contributed by atoms with van der Waals surface area (Å²) < 4.78 is 43.1. The maximum absolute atomic E-state index is 12.3. The highest BCUT2D eigenvalue weighted by Gasteiger charge is 2.19. The van der Waals surface area contributed by atoms with Crippen molar-refractivity contribution in [1.29, 1.82) is 0 Å². The van der Waals surface area contributed by atoms with Crippen LogP contribution in [0, 0.1) is 0 Å². The van der Waals surface area contributed by atoms with Gasteiger partial charge in [-0.05, 0) is 42.8 Å². The van der Waals surface area contributed by atoms with E-state index in [0.717, 1.165) is 6.42 Å². The molecule has 1 atom stereocenters. The molecule has 0 saturated heterocycles. The molecule has 0 saturated carbocycles. The van der Waals surface area contributed by atoms with E-state index in [1.54, 1.807) is 24.3 Å². The lowest BCUT2D eigenvalue weighted by Gasteiger charge is -2.14. The van der Waals surface area contributed by atoms with E-state index in [1.165, 1.54) is 25.5 Å². The van der Waals surface area contributed by atoms with Gasteiger partial charge in [-0.3, -0.25) is 0 Å². The van der Waals surface area contributed by atoms with Gasteiger partial charge in [-0.15, -0.1) is 0 Å². The predicted octanol–water partition coefficient (Wildman–Crippen LogP) is 2.73. The van der Waals surface area contributed by atoms with Gasteiger partial charge < -0.3 is 13.9 Å². The number of hydrogen-bond donors (Lipinski definition) is 1. The Hall–Kier alpha value is -1.83. The number of hydrogen-bond acceptors (Lipinski definition) is 5. The number of ether oxygens (including phenoxy) is 2. The molecule has 0 fully saturated rings. The highest BCUT2D eigenvalue weighted by atomic mass is 32.2. The highest BCUT2D eigenvalue weighted by Crippen LogP contribution is 2.19. The monoisotopic (exact) mass is 339 g/mol. The number of benzene rings is 1. The normalized spacial score (nSPS) is 13.0. The van der Waals surface area contributed by atoms with E-state index in [2.05, 4.69) is 4.72 Å². The van der Waals surface area contributed by atoms with Gasteiger partial charge in [0.2, 0.25) is 10.0 Å². The van der Waals surface area contributed by atoms with Crippen molar-refractivity contribution in [3.8, 4) is 5.75 Å². The Morgan fingerprint density at radius 3 is 2.52 bits per heavy atom. The molecule has 2 aromatic rings. The Labute approximate surface area is 136 Å². The van der Waals surface area contributed by atoms with Crippen molar-refractivity contribution in [2.75, 3.05) is 20.3 Å². The summed E-state index contributed by atoms with van der Waals surface area (Å²) in [6.07, 6.45) is 1.93. The maximum Gasteiger partial charge on any atom is 0.240 e. The molecule has 0 spiro atoms. The molecule has 0 aliphatic carbocycles. The Bertz CT molecular complexity index is 680. The minimum atomic E-state index is -3.62. The summed E-state index contributed by atoms with van der Waals surface area (Å²) in [4.78, 5) is 0.177. The van der Waals surface area contributed by atoms with Crippen LogP contribution in [0.25, 0.3) is 0 Å². The first-order valence-electron chi connectivity index (χ1n) is 7.35. The molecule has 23 heavy (non-hydrogen) atoms. The highest BCUT2D eigenvalue weighted by molar-refractivity contribution is 7.89. The number of furan rings is 1. The van der Waals surface area contributed by atoms with Gasteiger partial charge in [-0.1, -0.05) is 6.92 Å². The summed E-state index contributed by atoms with van der Waals surface area (Å²) in [5, 5.41) is 0. The van der Waals surface area contributed by atoms with E-state index in [1.807, 2.05) is 6.92 Å². The van der Waals surface area contributed by atoms with Crippen molar-refractivity contribution in [3.05, 3.63) is 48.4 Å². The van der Waals surface area contributed by atoms with E-state index >= 15 is 0 Å². The molecule has 1 aromatic heterocycles. The van der Waals surface area contributed by atoms with Crippen LogP contribution < -0.4 is 9.46 Å². The third kappa shape index (κ3) is 4.82. The van der Waals surface area contributed by atoms with Crippen LogP contribution in [0.4, 0.5) is 0 Å². The lowest BCUT2D eigenvalue weighted by molar-refractivity contribution is 0.0878. The minimum absolute atomic E-state index is 0.0838. The molecule has 0 aliphatic heterocycles. The summed E-state index contributed by atoms with van der Waals surface area (Å²) in [5.74, 6) is 1.22. The average molecular weight is 339 g/mol. The van der Waals surface area contributed by atoms with Crippen molar-refractivity contribution < 1.29 is 22.3 Å². The lowest BCUT2D eigenvalue weighted by atomic mass is 10.3. The smallest absolute Gasteiger partial charge is 0.240 e. The summed E-state index contributed by atoms with van der Waals surface area (Å²) in [5.41, 5.74) is 0. The zero-order valence-electron chi connectivity index (χ0n) is 13.2. The fourth-order valence-corrected chi connectivity index (χ4v) is 3.01. The van der Waals surface area contributed by atoms with Gasteiger partial charge in [0.1, 0.15) is 17.6 Å². The molecule has 0 radical (unpaired) electrons. The van der Waals surface area contributed by atoms with Crippen LogP contribution in [-0.4, -0.2) is 28.7 Å². The van der Waals surface area contributed by atoms with Crippen LogP contribution in [0.15, 0.2) is 52.0 Å². The Morgan fingerprint density at radius 2 is 1.96 bits per heavy atom. The van der Waals surface area contributed by atoms with Crippen molar-refractivity contribution in [1.82, 2.24) is 4.72 Å². The SMILES string of the molecule is CCCOc1ccc(S(=O)(=O)NC[C@@H](OC)c2ccco2)cc1. The molecule has 1 aromatic carbocycles. The van der Waals surface area contributed by atoms with Crippen molar-refractivity contribution >= 4 is 10.0 Å². The van der Waals surface area contributed by atoms with Gasteiger partial charge in [0, 0.05) is 13.7 Å². The first-order valence-corrected chi connectivity index (χ1v) is 8.84. The number of rotatable bonds is 9. The standard InChI is InChI=1S/C16H21NO5S/c1-3-10-21-13-6-8-14(9-7-13)23(18,19)17-12-16(20-2)15-5-4-11-22-15/h4-9,11,16-17H,3,10,12H2,1-2H3/t16-/m1/s1. The fourth-order valence-electron chi connectivity index (χ4n) is 1.98. The summed E-state index contributed by atoms with van der Waals surface area (Å²) in [6, 6.07) is 9.78. The van der Waals surface area contributed by atoms with Crippen molar-refractivity contribution in [2.45, 2.75) is 24.3 Å². The summed E-state index contributed by atoms with van der Waals surface area (Å²) in [6.45, 7) is 2.69. The average Bonchev–Trinajstić information content (AvgIpc) is 3.08. The van der Waals surface area contributed by atoms with E-state index in [0.29, 0.717) is 18.1 Å². The Balaban J connectivity index is 2.00. The van der Waals surface area contributed by atoms with Gasteiger partial charge in [-0.25, -0.2) is 13.1 Å². The first-order chi connectivity index (χ1) is 11.1.